The Hall–Kier alpha value is -2.37. The van der Waals surface area contributed by atoms with E-state index in [1.54, 1.807) is 13.0 Å². The van der Waals surface area contributed by atoms with E-state index in [1.165, 1.54) is 24.3 Å². The molecule has 0 unspecified atom stereocenters. The van der Waals surface area contributed by atoms with Crippen LogP contribution in [0.2, 0.25) is 0 Å². The molecule has 1 aromatic carbocycles. The van der Waals surface area contributed by atoms with Gasteiger partial charge in [-0.05, 0) is 30.7 Å². The lowest BCUT2D eigenvalue weighted by molar-refractivity contribution is 0.0701. The molecule has 0 saturated heterocycles. The number of thiophene rings is 1. The Morgan fingerprint density at radius 3 is 2.62 bits per heavy atom. The minimum absolute atomic E-state index is 0.0248. The topological polar surface area (TPSA) is 107 Å². The van der Waals surface area contributed by atoms with E-state index < -0.39 is 16.0 Å². The summed E-state index contributed by atoms with van der Waals surface area (Å²) >= 11 is 0.830. The zero-order valence-electron chi connectivity index (χ0n) is 10.8. The van der Waals surface area contributed by atoms with E-state index in [4.69, 9.17) is 10.4 Å². The molecule has 0 radical (unpaired) electrons. The molecule has 2 rings (SSSR count). The molecule has 1 heterocycles. The molecule has 0 aliphatic rings. The Morgan fingerprint density at radius 1 is 1.38 bits per heavy atom. The third kappa shape index (κ3) is 3.04. The maximum atomic E-state index is 12.3. The Morgan fingerprint density at radius 2 is 2.05 bits per heavy atom. The largest absolute Gasteiger partial charge is 0.477 e. The third-order valence-electron chi connectivity index (χ3n) is 2.64. The standard InChI is InChI=1S/C13H10N2O4S2/c1-8-6-11(20-12(8)13(16)17)15-21(18,19)10-5-3-2-4-9(10)7-14/h2-6,15H,1H3,(H,16,17). The van der Waals surface area contributed by atoms with Crippen molar-refractivity contribution in [2.45, 2.75) is 11.8 Å². The molecule has 2 N–H and O–H groups in total. The summed E-state index contributed by atoms with van der Waals surface area (Å²) < 4.78 is 26.8. The van der Waals surface area contributed by atoms with Gasteiger partial charge in [-0.2, -0.15) is 5.26 Å². The molecule has 0 bridgehead atoms. The highest BCUT2D eigenvalue weighted by Gasteiger charge is 2.21. The van der Waals surface area contributed by atoms with Crippen LogP contribution in [0.1, 0.15) is 20.8 Å². The molecule has 2 aromatic rings. The number of rotatable bonds is 4. The smallest absolute Gasteiger partial charge is 0.346 e. The third-order valence-corrected chi connectivity index (χ3v) is 5.34. The summed E-state index contributed by atoms with van der Waals surface area (Å²) in [6.07, 6.45) is 0. The lowest BCUT2D eigenvalue weighted by Gasteiger charge is -2.06. The normalized spacial score (nSPS) is 10.9. The fourth-order valence-corrected chi connectivity index (χ4v) is 4.08. The van der Waals surface area contributed by atoms with Gasteiger partial charge in [0.05, 0.1) is 5.56 Å². The molecular formula is C13H10N2O4S2. The number of nitrogens with one attached hydrogen (secondary N) is 1. The number of hydrogen-bond donors (Lipinski definition) is 2. The van der Waals surface area contributed by atoms with Gasteiger partial charge < -0.3 is 5.11 Å². The number of carboxylic acids is 1. The van der Waals surface area contributed by atoms with Gasteiger partial charge in [0.2, 0.25) is 0 Å². The monoisotopic (exact) mass is 322 g/mol. The van der Waals surface area contributed by atoms with Crippen LogP contribution in [-0.2, 0) is 10.0 Å². The Labute approximate surface area is 125 Å². The van der Waals surface area contributed by atoms with Gasteiger partial charge in [0, 0.05) is 0 Å². The van der Waals surface area contributed by atoms with Gasteiger partial charge in [-0.3, -0.25) is 4.72 Å². The van der Waals surface area contributed by atoms with Gasteiger partial charge >= 0.3 is 5.97 Å². The second-order valence-corrected chi connectivity index (χ2v) is 6.84. The van der Waals surface area contributed by atoms with Crippen LogP contribution < -0.4 is 4.72 Å². The highest BCUT2D eigenvalue weighted by Crippen LogP contribution is 2.29. The number of nitrogens with zero attached hydrogens (tertiary/aromatic N) is 1. The molecule has 6 nitrogen and oxygen atoms in total. The molecule has 1 aromatic heterocycles. The summed E-state index contributed by atoms with van der Waals surface area (Å²) in [5.74, 6) is -1.11. The molecule has 108 valence electrons. The van der Waals surface area contributed by atoms with Gasteiger partial charge in [0.25, 0.3) is 10.0 Å². The van der Waals surface area contributed by atoms with Crippen molar-refractivity contribution in [2.24, 2.45) is 0 Å². The van der Waals surface area contributed by atoms with E-state index in [9.17, 15) is 13.2 Å². The minimum atomic E-state index is -3.94. The number of benzene rings is 1. The van der Waals surface area contributed by atoms with Crippen LogP contribution >= 0.6 is 11.3 Å². The highest BCUT2D eigenvalue weighted by atomic mass is 32.2. The molecule has 0 saturated carbocycles. The van der Waals surface area contributed by atoms with Gasteiger partial charge in [-0.15, -0.1) is 11.3 Å². The SMILES string of the molecule is Cc1cc(NS(=O)(=O)c2ccccc2C#N)sc1C(=O)O. The number of anilines is 1. The van der Waals surface area contributed by atoms with Crippen molar-refractivity contribution in [2.75, 3.05) is 4.72 Å². The van der Waals surface area contributed by atoms with Crippen molar-refractivity contribution in [3.63, 3.8) is 0 Å². The summed E-state index contributed by atoms with van der Waals surface area (Å²) in [5.41, 5.74) is 0.496. The number of sulfonamides is 1. The number of aryl methyl sites for hydroxylation is 1. The number of nitriles is 1. The van der Waals surface area contributed by atoms with Gasteiger partial charge in [-0.25, -0.2) is 13.2 Å². The quantitative estimate of drug-likeness (QED) is 0.899. The van der Waals surface area contributed by atoms with E-state index in [1.807, 2.05) is 6.07 Å². The van der Waals surface area contributed by atoms with Crippen molar-refractivity contribution >= 4 is 32.3 Å². The van der Waals surface area contributed by atoms with Crippen LogP contribution in [0.25, 0.3) is 0 Å². The molecule has 0 aliphatic carbocycles. The molecule has 0 spiro atoms. The van der Waals surface area contributed by atoms with Gasteiger partial charge in [0.1, 0.15) is 20.8 Å². The maximum absolute atomic E-state index is 12.3. The van der Waals surface area contributed by atoms with E-state index in [0.717, 1.165) is 11.3 Å². The minimum Gasteiger partial charge on any atom is -0.477 e. The first-order valence-electron chi connectivity index (χ1n) is 5.71. The predicted octanol–water partition coefficient (Wildman–Crippen LogP) is 2.43. The number of carboxylic acid groups (broad SMARTS) is 1. The fourth-order valence-electron chi connectivity index (χ4n) is 1.73. The van der Waals surface area contributed by atoms with E-state index >= 15 is 0 Å². The molecule has 0 fully saturated rings. The van der Waals surface area contributed by atoms with Crippen LogP contribution in [0.3, 0.4) is 0 Å². The maximum Gasteiger partial charge on any atom is 0.346 e. The average Bonchev–Trinajstić information content (AvgIpc) is 2.79. The molecule has 21 heavy (non-hydrogen) atoms. The van der Waals surface area contributed by atoms with E-state index in [2.05, 4.69) is 4.72 Å². The molecule has 0 atom stereocenters. The molecular weight excluding hydrogens is 312 g/mol. The second kappa shape index (κ2) is 5.55. The lowest BCUT2D eigenvalue weighted by atomic mass is 10.2. The average molecular weight is 322 g/mol. The van der Waals surface area contributed by atoms with Crippen molar-refractivity contribution in [1.29, 1.82) is 5.26 Å². The van der Waals surface area contributed by atoms with Crippen LogP contribution in [0, 0.1) is 18.3 Å². The predicted molar refractivity (Wildman–Crippen MR) is 78.0 cm³/mol. The number of hydrogen-bond acceptors (Lipinski definition) is 5. The second-order valence-electron chi connectivity index (χ2n) is 4.14. The summed E-state index contributed by atoms with van der Waals surface area (Å²) in [5, 5.41) is 18.1. The number of carbonyl (C=O) groups is 1. The Balaban J connectivity index is 2.41. The van der Waals surface area contributed by atoms with Crippen LogP contribution in [-0.4, -0.2) is 19.5 Å². The first kappa shape index (κ1) is 15.0. The first-order chi connectivity index (χ1) is 9.85. The highest BCUT2D eigenvalue weighted by molar-refractivity contribution is 7.93. The number of aromatic carboxylic acids is 1. The molecule has 0 amide bonds. The molecule has 8 heteroatoms. The zero-order chi connectivity index (χ0) is 15.6. The molecule has 0 aliphatic heterocycles. The summed E-state index contributed by atoms with van der Waals surface area (Å²) in [6, 6.07) is 9.05. The van der Waals surface area contributed by atoms with E-state index in [0.29, 0.717) is 5.56 Å². The summed E-state index contributed by atoms with van der Waals surface area (Å²) in [6.45, 7) is 1.58. The van der Waals surface area contributed by atoms with Gasteiger partial charge in [0.15, 0.2) is 0 Å². The Bertz CT molecular complexity index is 847. The lowest BCUT2D eigenvalue weighted by Crippen LogP contribution is -2.13. The summed E-state index contributed by atoms with van der Waals surface area (Å²) in [4.78, 5) is 10.9. The fraction of sp³-hybridized carbons (Fsp3) is 0.0769. The van der Waals surface area contributed by atoms with Gasteiger partial charge in [-0.1, -0.05) is 12.1 Å². The van der Waals surface area contributed by atoms with Crippen molar-refractivity contribution < 1.29 is 18.3 Å². The van der Waals surface area contributed by atoms with Crippen LogP contribution in [0.15, 0.2) is 35.2 Å². The zero-order valence-corrected chi connectivity index (χ0v) is 12.5. The van der Waals surface area contributed by atoms with Crippen LogP contribution in [0.4, 0.5) is 5.00 Å². The Kier molecular flexibility index (Phi) is 3.97. The summed E-state index contributed by atoms with van der Waals surface area (Å²) in [7, 11) is -3.94. The van der Waals surface area contributed by atoms with E-state index in [-0.39, 0.29) is 20.3 Å². The first-order valence-corrected chi connectivity index (χ1v) is 8.01. The van der Waals surface area contributed by atoms with Crippen molar-refractivity contribution in [3.8, 4) is 6.07 Å². The van der Waals surface area contributed by atoms with Crippen LogP contribution in [0.5, 0.6) is 0 Å². The van der Waals surface area contributed by atoms with Crippen molar-refractivity contribution in [1.82, 2.24) is 0 Å². The van der Waals surface area contributed by atoms with Crippen molar-refractivity contribution in [3.05, 3.63) is 46.3 Å².